The van der Waals surface area contributed by atoms with Crippen molar-refractivity contribution < 1.29 is 0 Å². The maximum atomic E-state index is 6.61. The molecule has 0 saturated carbocycles. The van der Waals surface area contributed by atoms with Crippen LogP contribution >= 0.6 is 50.8 Å². The van der Waals surface area contributed by atoms with Gasteiger partial charge in [-0.05, 0) is 40.8 Å². The van der Waals surface area contributed by atoms with E-state index < -0.39 is 0 Å². The zero-order valence-electron chi connectivity index (χ0n) is 18.7. The molecule has 0 aliphatic carbocycles. The Balaban J connectivity index is 1.39. The number of aromatic nitrogens is 2. The predicted molar refractivity (Wildman–Crippen MR) is 154 cm³/mol. The Kier molecular flexibility index (Phi) is 6.58. The summed E-state index contributed by atoms with van der Waals surface area (Å²) in [6.45, 7) is 0. The van der Waals surface area contributed by atoms with Crippen LogP contribution in [0, 0.1) is 0 Å². The van der Waals surface area contributed by atoms with Gasteiger partial charge in [-0.25, -0.2) is 9.97 Å². The van der Waals surface area contributed by atoms with Gasteiger partial charge in [-0.3, -0.25) is 0 Å². The molecule has 2 aromatic heterocycles. The van der Waals surface area contributed by atoms with Gasteiger partial charge < -0.3 is 5.73 Å². The van der Waals surface area contributed by atoms with Crippen molar-refractivity contribution in [2.45, 2.75) is 27.8 Å². The average molecular weight is 577 g/mol. The lowest BCUT2D eigenvalue weighted by atomic mass is 9.98. The molecule has 1 aliphatic heterocycles. The van der Waals surface area contributed by atoms with E-state index in [1.807, 2.05) is 11.8 Å². The van der Waals surface area contributed by atoms with Gasteiger partial charge in [-0.2, -0.15) is 0 Å². The molecule has 3 aromatic carbocycles. The maximum absolute atomic E-state index is 6.61. The summed E-state index contributed by atoms with van der Waals surface area (Å²) in [5.41, 5.74) is 11.8. The van der Waals surface area contributed by atoms with Gasteiger partial charge in [0.05, 0.1) is 10.6 Å². The van der Waals surface area contributed by atoms with Crippen LogP contribution in [0.4, 0.5) is 5.82 Å². The van der Waals surface area contributed by atoms with Crippen LogP contribution in [-0.4, -0.2) is 9.97 Å². The first-order valence-electron chi connectivity index (χ1n) is 11.4. The third kappa shape index (κ3) is 4.75. The smallest absolute Gasteiger partial charge is 0.191 e. The molecule has 2 atom stereocenters. The second-order valence-corrected chi connectivity index (χ2v) is 12.7. The minimum absolute atomic E-state index is 0.252. The van der Waals surface area contributed by atoms with E-state index in [-0.39, 0.29) is 5.25 Å². The summed E-state index contributed by atoms with van der Waals surface area (Å²) in [5.74, 6) is 1.40. The van der Waals surface area contributed by atoms with Crippen molar-refractivity contribution in [3.63, 3.8) is 0 Å². The van der Waals surface area contributed by atoms with Crippen molar-refractivity contribution >= 4 is 66.8 Å². The summed E-state index contributed by atoms with van der Waals surface area (Å²) in [7, 11) is 0. The highest BCUT2D eigenvalue weighted by atomic mass is 79.9. The Hall–Kier alpha value is -2.32. The molecule has 0 fully saturated rings. The van der Waals surface area contributed by atoms with Crippen molar-refractivity contribution in [3.05, 3.63) is 117 Å². The molecule has 6 rings (SSSR count). The highest BCUT2D eigenvalue weighted by Gasteiger charge is 2.34. The van der Waals surface area contributed by atoms with E-state index in [1.54, 1.807) is 23.1 Å². The Labute approximate surface area is 225 Å². The Morgan fingerprint density at radius 3 is 2.29 bits per heavy atom. The quantitative estimate of drug-likeness (QED) is 0.168. The standard InChI is InChI=1S/C28H22BrN3S3/c29-20-13-11-17(12-14-20)16-33-28-31-26(30)23-21-15-22(18-7-3-1-4-8-18)34-24(19-9-5-2-6-10-19)25(21)35-27(23)32-28/h1-14,22,24H,15-16H2,(H2,30,31,32)/t22-,24-/m0/s1. The number of fused-ring (bicyclic) bond motifs is 3. The SMILES string of the molecule is Nc1nc(SCc2ccc(Br)cc2)nc2sc3c(c12)C[C@@H](c1ccccc1)S[C@H]3c1ccccc1. The van der Waals surface area contributed by atoms with E-state index in [1.165, 1.54) is 27.1 Å². The van der Waals surface area contributed by atoms with E-state index >= 15 is 0 Å². The monoisotopic (exact) mass is 575 g/mol. The number of thioether (sulfide) groups is 2. The van der Waals surface area contributed by atoms with E-state index in [0.717, 1.165) is 32.0 Å². The van der Waals surface area contributed by atoms with Crippen LogP contribution in [0.2, 0.25) is 0 Å². The van der Waals surface area contributed by atoms with Gasteiger partial charge >= 0.3 is 0 Å². The van der Waals surface area contributed by atoms with Crippen LogP contribution in [0.25, 0.3) is 10.2 Å². The fourth-order valence-corrected chi connectivity index (χ4v) is 8.62. The van der Waals surface area contributed by atoms with Crippen LogP contribution < -0.4 is 5.73 Å². The molecule has 1 aliphatic rings. The number of anilines is 1. The van der Waals surface area contributed by atoms with Crippen LogP contribution in [0.3, 0.4) is 0 Å². The van der Waals surface area contributed by atoms with Gasteiger partial charge in [0.15, 0.2) is 5.16 Å². The molecule has 0 unspecified atom stereocenters. The molecule has 0 radical (unpaired) electrons. The van der Waals surface area contributed by atoms with E-state index in [0.29, 0.717) is 11.1 Å². The molecule has 2 N–H and O–H groups in total. The number of hydrogen-bond donors (Lipinski definition) is 1. The molecule has 174 valence electrons. The van der Waals surface area contributed by atoms with E-state index in [4.69, 9.17) is 15.7 Å². The second-order valence-electron chi connectivity index (χ2n) is 8.46. The number of halogens is 1. The normalized spacial score (nSPS) is 17.4. The van der Waals surface area contributed by atoms with Crippen molar-refractivity contribution in [3.8, 4) is 0 Å². The number of nitrogens with two attached hydrogens (primary N) is 1. The summed E-state index contributed by atoms with van der Waals surface area (Å²) in [5, 5.41) is 2.39. The van der Waals surface area contributed by atoms with Crippen molar-refractivity contribution in [1.82, 2.24) is 9.97 Å². The maximum Gasteiger partial charge on any atom is 0.191 e. The van der Waals surface area contributed by atoms with Gasteiger partial charge in [0.2, 0.25) is 0 Å². The number of nitrogen functional groups attached to an aromatic ring is 1. The topological polar surface area (TPSA) is 51.8 Å². The number of nitrogens with zero attached hydrogens (tertiary/aromatic N) is 2. The molecule has 7 heteroatoms. The van der Waals surface area contributed by atoms with Crippen LogP contribution in [-0.2, 0) is 12.2 Å². The molecule has 5 aromatic rings. The summed E-state index contributed by atoms with van der Waals surface area (Å²) in [6, 6.07) is 29.9. The zero-order valence-corrected chi connectivity index (χ0v) is 22.8. The summed E-state index contributed by atoms with van der Waals surface area (Å²) >= 11 is 8.94. The number of hydrogen-bond acceptors (Lipinski definition) is 6. The third-order valence-corrected chi connectivity index (χ3v) is 10.5. The molecule has 0 bridgehead atoms. The fourth-order valence-electron chi connectivity index (χ4n) is 4.47. The van der Waals surface area contributed by atoms with Crippen LogP contribution in [0.15, 0.2) is 94.6 Å². The molecule has 0 saturated heterocycles. The lowest BCUT2D eigenvalue weighted by Gasteiger charge is -2.30. The van der Waals surface area contributed by atoms with E-state index in [9.17, 15) is 0 Å². The number of rotatable bonds is 5. The highest BCUT2D eigenvalue weighted by molar-refractivity contribution is 9.10. The van der Waals surface area contributed by atoms with Crippen molar-refractivity contribution in [1.29, 1.82) is 0 Å². The van der Waals surface area contributed by atoms with Gasteiger partial charge in [0, 0.05) is 20.4 Å². The minimum Gasteiger partial charge on any atom is -0.383 e. The lowest BCUT2D eigenvalue weighted by molar-refractivity contribution is 0.893. The number of benzene rings is 3. The highest BCUT2D eigenvalue weighted by Crippen LogP contribution is 2.55. The average Bonchev–Trinajstić information content (AvgIpc) is 3.28. The van der Waals surface area contributed by atoms with E-state index in [2.05, 4.69) is 101 Å². The fraction of sp³-hybridized carbons (Fsp3) is 0.143. The predicted octanol–water partition coefficient (Wildman–Crippen LogP) is 8.45. The number of thiophene rings is 1. The first-order valence-corrected chi connectivity index (χ1v) is 14.9. The Morgan fingerprint density at radius 2 is 1.57 bits per heavy atom. The van der Waals surface area contributed by atoms with Crippen LogP contribution in [0.1, 0.15) is 37.6 Å². The van der Waals surface area contributed by atoms with Gasteiger partial charge in [0.25, 0.3) is 0 Å². The molecular formula is C28H22BrN3S3. The van der Waals surface area contributed by atoms with Gasteiger partial charge in [0.1, 0.15) is 10.6 Å². The van der Waals surface area contributed by atoms with Crippen molar-refractivity contribution in [2.75, 3.05) is 5.73 Å². The summed E-state index contributed by atoms with van der Waals surface area (Å²) < 4.78 is 1.08. The molecule has 3 nitrogen and oxygen atoms in total. The molecule has 35 heavy (non-hydrogen) atoms. The molecule has 0 amide bonds. The van der Waals surface area contributed by atoms with Crippen molar-refractivity contribution in [2.24, 2.45) is 0 Å². The first kappa shape index (κ1) is 23.1. The first-order chi connectivity index (χ1) is 17.2. The summed E-state index contributed by atoms with van der Waals surface area (Å²) in [6.07, 6.45) is 0.937. The van der Waals surface area contributed by atoms with Gasteiger partial charge in [-0.15, -0.1) is 23.1 Å². The third-order valence-electron chi connectivity index (χ3n) is 6.17. The van der Waals surface area contributed by atoms with Crippen LogP contribution in [0.5, 0.6) is 0 Å². The second kappa shape index (κ2) is 9.97. The Morgan fingerprint density at radius 1 is 0.886 bits per heavy atom. The van der Waals surface area contributed by atoms with Gasteiger partial charge in [-0.1, -0.05) is 100 Å². The largest absolute Gasteiger partial charge is 0.383 e. The molecular weight excluding hydrogens is 554 g/mol. The minimum atomic E-state index is 0.252. The Bertz CT molecular complexity index is 1470. The molecule has 0 spiro atoms. The summed E-state index contributed by atoms with van der Waals surface area (Å²) in [4.78, 5) is 12.1. The lowest BCUT2D eigenvalue weighted by Crippen LogP contribution is -2.12. The zero-order chi connectivity index (χ0) is 23.8. The molecule has 3 heterocycles.